The maximum Gasteiger partial charge on any atom is 0.176 e. The second kappa shape index (κ2) is 5.01. The quantitative estimate of drug-likeness (QED) is 0.743. The smallest absolute Gasteiger partial charge is 0.176 e. The van der Waals surface area contributed by atoms with Crippen LogP contribution in [0.15, 0.2) is 18.2 Å². The zero-order valence-corrected chi connectivity index (χ0v) is 11.0. The molecule has 0 heterocycles. The average Bonchev–Trinajstić information content (AvgIpc) is 2.75. The Morgan fingerprint density at radius 1 is 1.29 bits per heavy atom. The summed E-state index contributed by atoms with van der Waals surface area (Å²) >= 11 is 0. The highest BCUT2D eigenvalue weighted by Crippen LogP contribution is 2.23. The van der Waals surface area contributed by atoms with E-state index < -0.39 is 0 Å². The van der Waals surface area contributed by atoms with Crippen LogP contribution in [0.1, 0.15) is 41.8 Å². The number of carbonyl (C=O) groups is 1. The summed E-state index contributed by atoms with van der Waals surface area (Å²) in [6, 6.07) is 6.62. The van der Waals surface area contributed by atoms with E-state index in [2.05, 4.69) is 30.9 Å². The molecule has 0 atom stereocenters. The molecular weight excluding hydrogens is 210 g/mol. The van der Waals surface area contributed by atoms with Crippen LogP contribution in [-0.2, 0) is 12.8 Å². The Morgan fingerprint density at radius 3 is 2.71 bits per heavy atom. The van der Waals surface area contributed by atoms with Gasteiger partial charge in [-0.3, -0.25) is 9.69 Å². The molecule has 2 heteroatoms. The van der Waals surface area contributed by atoms with E-state index in [0.29, 0.717) is 12.6 Å². The van der Waals surface area contributed by atoms with Gasteiger partial charge in [0.1, 0.15) is 0 Å². The number of rotatable bonds is 4. The minimum absolute atomic E-state index is 0.232. The van der Waals surface area contributed by atoms with Gasteiger partial charge in [-0.25, -0.2) is 0 Å². The van der Waals surface area contributed by atoms with Crippen LogP contribution in [-0.4, -0.2) is 30.3 Å². The van der Waals surface area contributed by atoms with Gasteiger partial charge in [-0.1, -0.05) is 12.1 Å². The Morgan fingerprint density at radius 2 is 2.00 bits per heavy atom. The van der Waals surface area contributed by atoms with Crippen LogP contribution >= 0.6 is 0 Å². The average molecular weight is 231 g/mol. The van der Waals surface area contributed by atoms with Crippen molar-refractivity contribution in [3.8, 4) is 0 Å². The number of hydrogen-bond acceptors (Lipinski definition) is 2. The summed E-state index contributed by atoms with van der Waals surface area (Å²) in [6.45, 7) is 4.72. The second-order valence-corrected chi connectivity index (χ2v) is 5.27. The lowest BCUT2D eigenvalue weighted by atomic mass is 10.0. The minimum Gasteiger partial charge on any atom is -0.296 e. The molecule has 0 N–H and O–H groups in total. The first-order valence-corrected chi connectivity index (χ1v) is 6.43. The van der Waals surface area contributed by atoms with Crippen molar-refractivity contribution in [2.75, 3.05) is 13.6 Å². The first-order valence-electron chi connectivity index (χ1n) is 6.43. The summed E-state index contributed by atoms with van der Waals surface area (Å²) in [5.74, 6) is 0.232. The van der Waals surface area contributed by atoms with Crippen LogP contribution in [0, 0.1) is 0 Å². The highest BCUT2D eigenvalue weighted by Gasteiger charge is 2.15. The Bertz CT molecular complexity index is 423. The highest BCUT2D eigenvalue weighted by molar-refractivity contribution is 5.97. The number of hydrogen-bond donors (Lipinski definition) is 0. The van der Waals surface area contributed by atoms with Crippen molar-refractivity contribution >= 4 is 5.78 Å². The van der Waals surface area contributed by atoms with Gasteiger partial charge < -0.3 is 0 Å². The Labute approximate surface area is 104 Å². The van der Waals surface area contributed by atoms with Crippen LogP contribution in [0.25, 0.3) is 0 Å². The third kappa shape index (κ3) is 2.75. The number of aryl methyl sites for hydroxylation is 2. The summed E-state index contributed by atoms with van der Waals surface area (Å²) in [5, 5.41) is 0. The van der Waals surface area contributed by atoms with Gasteiger partial charge >= 0.3 is 0 Å². The number of benzene rings is 1. The van der Waals surface area contributed by atoms with Crippen LogP contribution in [0.3, 0.4) is 0 Å². The number of ketones is 1. The van der Waals surface area contributed by atoms with E-state index >= 15 is 0 Å². The fraction of sp³-hybridized carbons (Fsp3) is 0.533. The molecule has 0 bridgehead atoms. The van der Waals surface area contributed by atoms with Gasteiger partial charge in [0.05, 0.1) is 6.54 Å². The van der Waals surface area contributed by atoms with Gasteiger partial charge in [0.25, 0.3) is 0 Å². The molecule has 0 fully saturated rings. The molecule has 0 radical (unpaired) electrons. The number of fused-ring (bicyclic) bond motifs is 1. The van der Waals surface area contributed by atoms with Gasteiger partial charge in [-0.05, 0) is 57.4 Å². The molecule has 1 aliphatic carbocycles. The maximum absolute atomic E-state index is 12.1. The predicted molar refractivity (Wildman–Crippen MR) is 70.6 cm³/mol. The monoisotopic (exact) mass is 231 g/mol. The van der Waals surface area contributed by atoms with Crippen LogP contribution < -0.4 is 0 Å². The van der Waals surface area contributed by atoms with Gasteiger partial charge in [-0.2, -0.15) is 0 Å². The molecule has 0 amide bonds. The summed E-state index contributed by atoms with van der Waals surface area (Å²) in [6.07, 6.45) is 3.55. The van der Waals surface area contributed by atoms with Crippen molar-refractivity contribution in [1.82, 2.24) is 4.90 Å². The highest BCUT2D eigenvalue weighted by atomic mass is 16.1. The van der Waals surface area contributed by atoms with Crippen molar-refractivity contribution in [3.05, 3.63) is 34.9 Å². The zero-order valence-electron chi connectivity index (χ0n) is 11.0. The predicted octanol–water partition coefficient (Wildman–Crippen LogP) is 2.70. The molecule has 0 saturated heterocycles. The van der Waals surface area contributed by atoms with Crippen LogP contribution in [0.2, 0.25) is 0 Å². The van der Waals surface area contributed by atoms with Crippen molar-refractivity contribution in [2.45, 2.75) is 39.2 Å². The Balaban J connectivity index is 2.10. The molecular formula is C15H21NO. The molecule has 1 aromatic carbocycles. The minimum atomic E-state index is 0.232. The lowest BCUT2D eigenvalue weighted by Crippen LogP contribution is -2.31. The molecule has 2 nitrogen and oxygen atoms in total. The van der Waals surface area contributed by atoms with Gasteiger partial charge in [0.2, 0.25) is 0 Å². The third-order valence-electron chi connectivity index (χ3n) is 3.70. The van der Waals surface area contributed by atoms with E-state index in [9.17, 15) is 4.79 Å². The van der Waals surface area contributed by atoms with Crippen molar-refractivity contribution < 1.29 is 4.79 Å². The van der Waals surface area contributed by atoms with E-state index in [1.165, 1.54) is 24.0 Å². The molecule has 0 aliphatic heterocycles. The normalized spacial score (nSPS) is 14.4. The van der Waals surface area contributed by atoms with Gasteiger partial charge in [0, 0.05) is 11.6 Å². The summed E-state index contributed by atoms with van der Waals surface area (Å²) in [4.78, 5) is 14.2. The van der Waals surface area contributed by atoms with Crippen molar-refractivity contribution in [2.24, 2.45) is 0 Å². The molecule has 92 valence electrons. The van der Waals surface area contributed by atoms with E-state index in [0.717, 1.165) is 12.0 Å². The SMILES string of the molecule is CC(C)N(C)CC(=O)c1ccc2c(c1)CCC2. The van der Waals surface area contributed by atoms with E-state index in [4.69, 9.17) is 0 Å². The number of carbonyl (C=O) groups excluding carboxylic acids is 1. The number of Topliss-reactive ketones (excluding diaryl/α,β-unsaturated/α-hetero) is 1. The fourth-order valence-electron chi connectivity index (χ4n) is 2.25. The van der Waals surface area contributed by atoms with E-state index in [-0.39, 0.29) is 5.78 Å². The van der Waals surface area contributed by atoms with Gasteiger partial charge in [-0.15, -0.1) is 0 Å². The van der Waals surface area contributed by atoms with Crippen LogP contribution in [0.5, 0.6) is 0 Å². The molecule has 0 spiro atoms. The first-order chi connectivity index (χ1) is 8.08. The summed E-state index contributed by atoms with van der Waals surface area (Å²) < 4.78 is 0. The van der Waals surface area contributed by atoms with Crippen molar-refractivity contribution in [3.63, 3.8) is 0 Å². The standard InChI is InChI=1S/C15H21NO/c1-11(2)16(3)10-15(17)14-8-7-12-5-4-6-13(12)9-14/h7-9,11H,4-6,10H2,1-3H3. The molecule has 1 aromatic rings. The van der Waals surface area contributed by atoms with E-state index in [1.54, 1.807) is 0 Å². The molecule has 17 heavy (non-hydrogen) atoms. The Hall–Kier alpha value is -1.15. The number of nitrogens with zero attached hydrogens (tertiary/aromatic N) is 1. The Kier molecular flexibility index (Phi) is 3.63. The largest absolute Gasteiger partial charge is 0.296 e. The molecule has 2 rings (SSSR count). The van der Waals surface area contributed by atoms with Crippen molar-refractivity contribution in [1.29, 1.82) is 0 Å². The second-order valence-electron chi connectivity index (χ2n) is 5.27. The summed E-state index contributed by atoms with van der Waals surface area (Å²) in [5.41, 5.74) is 3.68. The third-order valence-corrected chi connectivity index (χ3v) is 3.70. The zero-order chi connectivity index (χ0) is 12.4. The number of likely N-dealkylation sites (N-methyl/N-ethyl adjacent to an activating group) is 1. The first kappa shape index (κ1) is 12.3. The van der Waals surface area contributed by atoms with Gasteiger partial charge in [0.15, 0.2) is 5.78 Å². The molecule has 0 aromatic heterocycles. The molecule has 1 aliphatic rings. The molecule has 0 unspecified atom stereocenters. The molecule has 0 saturated carbocycles. The summed E-state index contributed by atoms with van der Waals surface area (Å²) in [7, 11) is 2.00. The van der Waals surface area contributed by atoms with Crippen LogP contribution in [0.4, 0.5) is 0 Å². The van der Waals surface area contributed by atoms with E-state index in [1.807, 2.05) is 13.1 Å². The lowest BCUT2D eigenvalue weighted by Gasteiger charge is -2.20. The lowest BCUT2D eigenvalue weighted by molar-refractivity contribution is 0.0929. The topological polar surface area (TPSA) is 20.3 Å². The maximum atomic E-state index is 12.1. The fourth-order valence-corrected chi connectivity index (χ4v) is 2.25.